The Morgan fingerprint density at radius 3 is 2.36 bits per heavy atom. The maximum Gasteiger partial charge on any atom is 0.222 e. The van der Waals surface area contributed by atoms with Crippen molar-refractivity contribution < 1.29 is 4.79 Å². The van der Waals surface area contributed by atoms with E-state index in [1.807, 2.05) is 24.8 Å². The number of unbranched alkanes of at least 4 members (excludes halogenated alkanes) is 3. The van der Waals surface area contributed by atoms with E-state index in [2.05, 4.69) is 6.58 Å². The van der Waals surface area contributed by atoms with Crippen molar-refractivity contribution in [1.82, 2.24) is 4.90 Å². The Hall–Kier alpha value is -0.790. The fourth-order valence-electron chi connectivity index (χ4n) is 1.48. The molecule has 0 saturated heterocycles. The average molecular weight is 197 g/mol. The van der Waals surface area contributed by atoms with Crippen LogP contribution in [0.2, 0.25) is 0 Å². The van der Waals surface area contributed by atoms with Gasteiger partial charge in [-0.1, -0.05) is 12.5 Å². The van der Waals surface area contributed by atoms with Crippen LogP contribution in [0.25, 0.3) is 0 Å². The van der Waals surface area contributed by atoms with Gasteiger partial charge in [-0.05, 0) is 33.1 Å². The van der Waals surface area contributed by atoms with Gasteiger partial charge in [0.1, 0.15) is 0 Å². The van der Waals surface area contributed by atoms with Crippen LogP contribution < -0.4 is 0 Å². The number of carbonyl (C=O) groups excluding carboxylic acids is 1. The molecule has 0 N–H and O–H groups in total. The molecule has 0 aliphatic carbocycles. The van der Waals surface area contributed by atoms with Crippen LogP contribution in [0, 0.1) is 0 Å². The molecule has 0 aromatic carbocycles. The van der Waals surface area contributed by atoms with Gasteiger partial charge < -0.3 is 4.90 Å². The minimum absolute atomic E-state index is 0.300. The van der Waals surface area contributed by atoms with E-state index in [9.17, 15) is 4.79 Å². The van der Waals surface area contributed by atoms with Crippen LogP contribution in [0.4, 0.5) is 0 Å². The van der Waals surface area contributed by atoms with E-state index in [0.717, 1.165) is 38.8 Å². The molecule has 0 radical (unpaired) electrons. The first kappa shape index (κ1) is 13.2. The quantitative estimate of drug-likeness (QED) is 0.433. The summed E-state index contributed by atoms with van der Waals surface area (Å²) in [5.74, 6) is 0.300. The van der Waals surface area contributed by atoms with Crippen LogP contribution in [0.15, 0.2) is 12.7 Å². The monoisotopic (exact) mass is 197 g/mol. The van der Waals surface area contributed by atoms with E-state index in [1.54, 1.807) is 0 Å². The molecule has 2 heteroatoms. The zero-order chi connectivity index (χ0) is 10.8. The van der Waals surface area contributed by atoms with E-state index in [-0.39, 0.29) is 0 Å². The molecule has 0 aliphatic rings. The second-order valence-corrected chi connectivity index (χ2v) is 3.45. The largest absolute Gasteiger partial charge is 0.343 e. The number of hydrogen-bond donors (Lipinski definition) is 0. The summed E-state index contributed by atoms with van der Waals surface area (Å²) < 4.78 is 0. The van der Waals surface area contributed by atoms with Gasteiger partial charge in [-0.3, -0.25) is 4.79 Å². The Labute approximate surface area is 88.0 Å². The second-order valence-electron chi connectivity index (χ2n) is 3.45. The molecular formula is C12H23NO. The topological polar surface area (TPSA) is 20.3 Å². The predicted octanol–water partition coefficient (Wildman–Crippen LogP) is 2.99. The number of carbonyl (C=O) groups is 1. The normalized spacial score (nSPS) is 9.86. The van der Waals surface area contributed by atoms with Gasteiger partial charge in [0, 0.05) is 19.5 Å². The maximum atomic E-state index is 11.5. The molecule has 0 rings (SSSR count). The molecule has 0 aromatic rings. The van der Waals surface area contributed by atoms with Gasteiger partial charge in [-0.2, -0.15) is 0 Å². The van der Waals surface area contributed by atoms with Gasteiger partial charge in [0.15, 0.2) is 0 Å². The van der Waals surface area contributed by atoms with E-state index < -0.39 is 0 Å². The average Bonchev–Trinajstić information content (AvgIpc) is 2.19. The molecule has 0 aliphatic heterocycles. The van der Waals surface area contributed by atoms with Crippen LogP contribution in [0.3, 0.4) is 0 Å². The Balaban J connectivity index is 3.47. The fourth-order valence-corrected chi connectivity index (χ4v) is 1.48. The van der Waals surface area contributed by atoms with Gasteiger partial charge in [-0.25, -0.2) is 0 Å². The van der Waals surface area contributed by atoms with Crippen LogP contribution in [-0.4, -0.2) is 23.9 Å². The molecule has 2 nitrogen and oxygen atoms in total. The van der Waals surface area contributed by atoms with E-state index >= 15 is 0 Å². The molecule has 0 fully saturated rings. The number of rotatable bonds is 8. The Morgan fingerprint density at radius 1 is 1.21 bits per heavy atom. The Kier molecular flexibility index (Phi) is 8.30. The van der Waals surface area contributed by atoms with Gasteiger partial charge in [-0.15, -0.1) is 6.58 Å². The highest BCUT2D eigenvalue weighted by Crippen LogP contribution is 2.05. The zero-order valence-electron chi connectivity index (χ0n) is 9.59. The van der Waals surface area contributed by atoms with Crippen LogP contribution in [0.5, 0.6) is 0 Å². The Morgan fingerprint density at radius 2 is 1.86 bits per heavy atom. The third kappa shape index (κ3) is 5.79. The SMILES string of the molecule is C=CCCCCCC(=O)N(CC)CC. The molecule has 1 amide bonds. The van der Waals surface area contributed by atoms with Crippen molar-refractivity contribution in [3.63, 3.8) is 0 Å². The molecule has 0 aromatic heterocycles. The summed E-state index contributed by atoms with van der Waals surface area (Å²) in [6.07, 6.45) is 7.03. The molecule has 0 heterocycles. The first-order valence-corrected chi connectivity index (χ1v) is 5.64. The summed E-state index contributed by atoms with van der Waals surface area (Å²) in [6, 6.07) is 0. The standard InChI is InChI=1S/C12H23NO/c1-4-7-8-9-10-11-12(14)13(5-2)6-3/h4H,1,5-11H2,2-3H3. The van der Waals surface area contributed by atoms with Crippen molar-refractivity contribution in [3.05, 3.63) is 12.7 Å². The summed E-state index contributed by atoms with van der Waals surface area (Å²) in [6.45, 7) is 9.40. The highest BCUT2D eigenvalue weighted by atomic mass is 16.2. The number of nitrogens with zero attached hydrogens (tertiary/aromatic N) is 1. The summed E-state index contributed by atoms with van der Waals surface area (Å²) in [5.41, 5.74) is 0. The summed E-state index contributed by atoms with van der Waals surface area (Å²) in [7, 11) is 0. The molecule has 0 unspecified atom stereocenters. The predicted molar refractivity (Wildman–Crippen MR) is 61.2 cm³/mol. The van der Waals surface area contributed by atoms with E-state index in [0.29, 0.717) is 12.3 Å². The van der Waals surface area contributed by atoms with Gasteiger partial charge in [0.05, 0.1) is 0 Å². The number of allylic oxidation sites excluding steroid dienone is 1. The van der Waals surface area contributed by atoms with Crippen molar-refractivity contribution >= 4 is 5.91 Å². The summed E-state index contributed by atoms with van der Waals surface area (Å²) in [4.78, 5) is 13.4. The van der Waals surface area contributed by atoms with Crippen molar-refractivity contribution in [2.24, 2.45) is 0 Å². The highest BCUT2D eigenvalue weighted by Gasteiger charge is 2.07. The van der Waals surface area contributed by atoms with Gasteiger partial charge >= 0.3 is 0 Å². The summed E-state index contributed by atoms with van der Waals surface area (Å²) >= 11 is 0. The molecule has 0 spiro atoms. The highest BCUT2D eigenvalue weighted by molar-refractivity contribution is 5.75. The first-order valence-electron chi connectivity index (χ1n) is 5.64. The zero-order valence-corrected chi connectivity index (χ0v) is 9.59. The fraction of sp³-hybridized carbons (Fsp3) is 0.750. The molecule has 0 bridgehead atoms. The lowest BCUT2D eigenvalue weighted by Gasteiger charge is -2.18. The minimum atomic E-state index is 0.300. The summed E-state index contributed by atoms with van der Waals surface area (Å²) in [5, 5.41) is 0. The lowest BCUT2D eigenvalue weighted by molar-refractivity contribution is -0.130. The molecule has 14 heavy (non-hydrogen) atoms. The second kappa shape index (κ2) is 8.79. The third-order valence-corrected chi connectivity index (χ3v) is 2.42. The van der Waals surface area contributed by atoms with E-state index in [1.165, 1.54) is 0 Å². The Bertz CT molecular complexity index is 162. The minimum Gasteiger partial charge on any atom is -0.343 e. The molecule has 0 saturated carbocycles. The van der Waals surface area contributed by atoms with Crippen molar-refractivity contribution in [1.29, 1.82) is 0 Å². The van der Waals surface area contributed by atoms with E-state index in [4.69, 9.17) is 0 Å². The molecule has 0 atom stereocenters. The van der Waals surface area contributed by atoms with Crippen molar-refractivity contribution in [2.45, 2.75) is 46.0 Å². The maximum absolute atomic E-state index is 11.5. The van der Waals surface area contributed by atoms with Crippen molar-refractivity contribution in [3.8, 4) is 0 Å². The lowest BCUT2D eigenvalue weighted by Crippen LogP contribution is -2.30. The lowest BCUT2D eigenvalue weighted by atomic mass is 10.1. The number of amides is 1. The van der Waals surface area contributed by atoms with Gasteiger partial charge in [0.2, 0.25) is 5.91 Å². The smallest absolute Gasteiger partial charge is 0.222 e. The van der Waals surface area contributed by atoms with Crippen molar-refractivity contribution in [2.75, 3.05) is 13.1 Å². The van der Waals surface area contributed by atoms with Crippen LogP contribution >= 0.6 is 0 Å². The molecular weight excluding hydrogens is 174 g/mol. The van der Waals surface area contributed by atoms with Crippen LogP contribution in [0.1, 0.15) is 46.0 Å². The first-order chi connectivity index (χ1) is 6.76. The third-order valence-electron chi connectivity index (χ3n) is 2.42. The van der Waals surface area contributed by atoms with Crippen LogP contribution in [-0.2, 0) is 4.79 Å². The van der Waals surface area contributed by atoms with Gasteiger partial charge in [0.25, 0.3) is 0 Å². The molecule has 82 valence electrons. The number of hydrogen-bond acceptors (Lipinski definition) is 1.